The lowest BCUT2D eigenvalue weighted by molar-refractivity contribution is 0.271. The van der Waals surface area contributed by atoms with Crippen molar-refractivity contribution >= 4 is 0 Å². The summed E-state index contributed by atoms with van der Waals surface area (Å²) in [5.41, 5.74) is 0. The SMILES string of the molecule is C1=CCN2CCCC2C1. The summed E-state index contributed by atoms with van der Waals surface area (Å²) < 4.78 is 0. The van der Waals surface area contributed by atoms with Crippen LogP contribution in [0.15, 0.2) is 12.2 Å². The molecule has 0 N–H and O–H groups in total. The summed E-state index contributed by atoms with van der Waals surface area (Å²) in [5, 5.41) is 0. The van der Waals surface area contributed by atoms with Gasteiger partial charge in [-0.1, -0.05) is 12.2 Å². The van der Waals surface area contributed by atoms with Crippen molar-refractivity contribution in [1.29, 1.82) is 0 Å². The monoisotopic (exact) mass is 123 g/mol. The molecule has 0 bridgehead atoms. The summed E-state index contributed by atoms with van der Waals surface area (Å²) in [7, 11) is 0. The van der Waals surface area contributed by atoms with Crippen LogP contribution in [-0.4, -0.2) is 24.0 Å². The molecule has 1 saturated heterocycles. The fraction of sp³-hybridized carbons (Fsp3) is 0.750. The van der Waals surface area contributed by atoms with Crippen LogP contribution < -0.4 is 0 Å². The van der Waals surface area contributed by atoms with E-state index in [4.69, 9.17) is 0 Å². The molecule has 1 atom stereocenters. The van der Waals surface area contributed by atoms with Crippen molar-refractivity contribution in [3.05, 3.63) is 12.2 Å². The quantitative estimate of drug-likeness (QED) is 0.440. The van der Waals surface area contributed by atoms with Crippen molar-refractivity contribution in [3.63, 3.8) is 0 Å². The Hall–Kier alpha value is -0.300. The van der Waals surface area contributed by atoms with E-state index < -0.39 is 0 Å². The second kappa shape index (κ2) is 2.14. The molecule has 0 amide bonds. The van der Waals surface area contributed by atoms with Gasteiger partial charge < -0.3 is 0 Å². The molecule has 2 aliphatic rings. The van der Waals surface area contributed by atoms with Gasteiger partial charge in [0, 0.05) is 12.6 Å². The van der Waals surface area contributed by atoms with Gasteiger partial charge in [0.15, 0.2) is 0 Å². The Morgan fingerprint density at radius 3 is 3.22 bits per heavy atom. The Balaban J connectivity index is 2.07. The van der Waals surface area contributed by atoms with Crippen molar-refractivity contribution in [1.82, 2.24) is 4.90 Å². The molecule has 2 rings (SSSR count). The molecule has 1 fully saturated rings. The fourth-order valence-electron chi connectivity index (χ4n) is 1.87. The van der Waals surface area contributed by atoms with Crippen LogP contribution in [0.3, 0.4) is 0 Å². The molecule has 0 aromatic rings. The van der Waals surface area contributed by atoms with E-state index in [1.165, 1.54) is 32.4 Å². The topological polar surface area (TPSA) is 3.24 Å². The van der Waals surface area contributed by atoms with Gasteiger partial charge in [0.05, 0.1) is 0 Å². The van der Waals surface area contributed by atoms with Crippen LogP contribution in [0.5, 0.6) is 0 Å². The summed E-state index contributed by atoms with van der Waals surface area (Å²) in [4.78, 5) is 2.58. The largest absolute Gasteiger partial charge is 0.296 e. The molecule has 1 unspecified atom stereocenters. The van der Waals surface area contributed by atoms with Crippen molar-refractivity contribution < 1.29 is 0 Å². The maximum absolute atomic E-state index is 2.58. The molecule has 2 heterocycles. The smallest absolute Gasteiger partial charge is 0.0166 e. The molecular weight excluding hydrogens is 110 g/mol. The van der Waals surface area contributed by atoms with Crippen LogP contribution in [0.4, 0.5) is 0 Å². The van der Waals surface area contributed by atoms with Crippen LogP contribution in [0, 0.1) is 0 Å². The van der Waals surface area contributed by atoms with Gasteiger partial charge in [-0.05, 0) is 25.8 Å². The third kappa shape index (κ3) is 0.897. The van der Waals surface area contributed by atoms with E-state index in [1.54, 1.807) is 0 Å². The first-order valence-corrected chi connectivity index (χ1v) is 3.86. The zero-order valence-corrected chi connectivity index (χ0v) is 5.71. The first kappa shape index (κ1) is 5.48. The number of nitrogens with zero attached hydrogens (tertiary/aromatic N) is 1. The highest BCUT2D eigenvalue weighted by atomic mass is 15.2. The predicted octanol–water partition coefficient (Wildman–Crippen LogP) is 1.41. The van der Waals surface area contributed by atoms with Gasteiger partial charge in [-0.25, -0.2) is 0 Å². The Kier molecular flexibility index (Phi) is 1.31. The minimum atomic E-state index is 0.912. The molecule has 1 heteroatoms. The number of hydrogen-bond acceptors (Lipinski definition) is 1. The molecular formula is C8H13N. The highest BCUT2D eigenvalue weighted by molar-refractivity contribution is 4.98. The Morgan fingerprint density at radius 1 is 1.33 bits per heavy atom. The number of hydrogen-bond donors (Lipinski definition) is 0. The summed E-state index contributed by atoms with van der Waals surface area (Å²) in [6, 6.07) is 0.912. The zero-order valence-electron chi connectivity index (χ0n) is 5.71. The summed E-state index contributed by atoms with van der Waals surface area (Å²) in [6.45, 7) is 2.56. The molecule has 0 radical (unpaired) electrons. The lowest BCUT2D eigenvalue weighted by atomic mass is 10.1. The second-order valence-corrected chi connectivity index (χ2v) is 3.00. The molecule has 0 aromatic carbocycles. The Bertz CT molecular complexity index is 115. The Labute approximate surface area is 56.4 Å². The number of fused-ring (bicyclic) bond motifs is 1. The Morgan fingerprint density at radius 2 is 2.33 bits per heavy atom. The van der Waals surface area contributed by atoms with Gasteiger partial charge in [-0.3, -0.25) is 4.90 Å². The lowest BCUT2D eigenvalue weighted by Gasteiger charge is -2.24. The highest BCUT2D eigenvalue weighted by Gasteiger charge is 2.23. The predicted molar refractivity (Wildman–Crippen MR) is 38.4 cm³/mol. The van der Waals surface area contributed by atoms with Crippen LogP contribution in [0.25, 0.3) is 0 Å². The first-order valence-electron chi connectivity index (χ1n) is 3.86. The van der Waals surface area contributed by atoms with E-state index in [9.17, 15) is 0 Å². The van der Waals surface area contributed by atoms with Gasteiger partial charge in [0.25, 0.3) is 0 Å². The van der Waals surface area contributed by atoms with E-state index in [0.717, 1.165) is 6.04 Å². The molecule has 0 saturated carbocycles. The van der Waals surface area contributed by atoms with Crippen molar-refractivity contribution in [3.8, 4) is 0 Å². The molecule has 0 spiro atoms. The molecule has 1 nitrogen and oxygen atoms in total. The van der Waals surface area contributed by atoms with Gasteiger partial charge in [0.1, 0.15) is 0 Å². The molecule has 50 valence electrons. The van der Waals surface area contributed by atoms with Crippen LogP contribution in [0.1, 0.15) is 19.3 Å². The van der Waals surface area contributed by atoms with Crippen molar-refractivity contribution in [2.45, 2.75) is 25.3 Å². The van der Waals surface area contributed by atoms with Gasteiger partial charge in [0.2, 0.25) is 0 Å². The maximum Gasteiger partial charge on any atom is 0.0166 e. The molecule has 9 heavy (non-hydrogen) atoms. The average Bonchev–Trinajstić information content (AvgIpc) is 2.33. The average molecular weight is 123 g/mol. The summed E-state index contributed by atoms with van der Waals surface area (Å²) in [5.74, 6) is 0. The van der Waals surface area contributed by atoms with Gasteiger partial charge in [-0.2, -0.15) is 0 Å². The fourth-order valence-corrected chi connectivity index (χ4v) is 1.87. The van der Waals surface area contributed by atoms with Crippen molar-refractivity contribution in [2.75, 3.05) is 13.1 Å². The van der Waals surface area contributed by atoms with E-state index in [2.05, 4.69) is 17.1 Å². The van der Waals surface area contributed by atoms with E-state index in [0.29, 0.717) is 0 Å². The third-order valence-corrected chi connectivity index (χ3v) is 2.41. The third-order valence-electron chi connectivity index (χ3n) is 2.41. The normalized spacial score (nSPS) is 34.9. The number of rotatable bonds is 0. The van der Waals surface area contributed by atoms with Crippen LogP contribution in [0.2, 0.25) is 0 Å². The zero-order chi connectivity index (χ0) is 6.10. The summed E-state index contributed by atoms with van der Waals surface area (Å²) >= 11 is 0. The van der Waals surface area contributed by atoms with Crippen LogP contribution >= 0.6 is 0 Å². The molecule has 0 aliphatic carbocycles. The lowest BCUT2D eigenvalue weighted by Crippen LogP contribution is -2.31. The minimum Gasteiger partial charge on any atom is -0.296 e. The van der Waals surface area contributed by atoms with Crippen molar-refractivity contribution in [2.24, 2.45) is 0 Å². The first-order chi connectivity index (χ1) is 4.47. The summed E-state index contributed by atoms with van der Waals surface area (Å²) in [6.07, 6.45) is 8.78. The van der Waals surface area contributed by atoms with Crippen LogP contribution in [-0.2, 0) is 0 Å². The highest BCUT2D eigenvalue weighted by Crippen LogP contribution is 2.22. The molecule has 0 aromatic heterocycles. The van der Waals surface area contributed by atoms with E-state index in [-0.39, 0.29) is 0 Å². The standard InChI is InChI=1S/C8H13N/c1-2-6-9-7-3-5-8(9)4-1/h1-2,8H,3-7H2. The minimum absolute atomic E-state index is 0.912. The molecule has 2 aliphatic heterocycles. The maximum atomic E-state index is 2.58. The van der Waals surface area contributed by atoms with Gasteiger partial charge >= 0.3 is 0 Å². The van der Waals surface area contributed by atoms with E-state index >= 15 is 0 Å². The van der Waals surface area contributed by atoms with Gasteiger partial charge in [-0.15, -0.1) is 0 Å². The van der Waals surface area contributed by atoms with E-state index in [1.807, 2.05) is 0 Å². The second-order valence-electron chi connectivity index (χ2n) is 3.00.